The SMILES string of the molecule is COC1CC(Br)C12CCCCC2. The van der Waals surface area contributed by atoms with Gasteiger partial charge in [-0.1, -0.05) is 35.2 Å². The van der Waals surface area contributed by atoms with Crippen LogP contribution in [0.15, 0.2) is 0 Å². The second-order valence-electron chi connectivity index (χ2n) is 4.22. The molecule has 2 unspecified atom stereocenters. The van der Waals surface area contributed by atoms with Crippen molar-refractivity contribution in [2.45, 2.75) is 49.5 Å². The van der Waals surface area contributed by atoms with Gasteiger partial charge in [0.2, 0.25) is 0 Å². The lowest BCUT2D eigenvalue weighted by atomic mass is 9.58. The Hall–Kier alpha value is 0.440. The van der Waals surface area contributed by atoms with E-state index in [4.69, 9.17) is 4.74 Å². The summed E-state index contributed by atoms with van der Waals surface area (Å²) in [6.07, 6.45) is 8.75. The minimum absolute atomic E-state index is 0.521. The first-order chi connectivity index (χ1) is 5.79. The molecule has 2 fully saturated rings. The van der Waals surface area contributed by atoms with Crippen LogP contribution in [-0.4, -0.2) is 18.0 Å². The Bertz CT molecular complexity index is 163. The summed E-state index contributed by atoms with van der Waals surface area (Å²) in [6, 6.07) is 0. The highest BCUT2D eigenvalue weighted by atomic mass is 79.9. The molecule has 2 aliphatic carbocycles. The maximum atomic E-state index is 5.52. The van der Waals surface area contributed by atoms with Gasteiger partial charge < -0.3 is 4.74 Å². The van der Waals surface area contributed by atoms with E-state index in [1.54, 1.807) is 0 Å². The van der Waals surface area contributed by atoms with E-state index in [1.165, 1.54) is 38.5 Å². The van der Waals surface area contributed by atoms with E-state index in [9.17, 15) is 0 Å². The van der Waals surface area contributed by atoms with Crippen molar-refractivity contribution in [2.75, 3.05) is 7.11 Å². The molecule has 70 valence electrons. The fourth-order valence-electron chi connectivity index (χ4n) is 2.87. The van der Waals surface area contributed by atoms with E-state index in [0.29, 0.717) is 11.5 Å². The molecule has 0 aliphatic heterocycles. The minimum atomic E-state index is 0.521. The first kappa shape index (κ1) is 9.01. The molecule has 2 heteroatoms. The van der Waals surface area contributed by atoms with Crippen LogP contribution in [0.1, 0.15) is 38.5 Å². The second-order valence-corrected chi connectivity index (χ2v) is 5.33. The average Bonchev–Trinajstić information content (AvgIpc) is 2.15. The second kappa shape index (κ2) is 3.30. The van der Waals surface area contributed by atoms with Crippen molar-refractivity contribution in [3.63, 3.8) is 0 Å². The summed E-state index contributed by atoms with van der Waals surface area (Å²) in [5.41, 5.74) is 0.521. The Morgan fingerprint density at radius 2 is 1.92 bits per heavy atom. The first-order valence-electron chi connectivity index (χ1n) is 4.96. The van der Waals surface area contributed by atoms with Crippen LogP contribution < -0.4 is 0 Å². The van der Waals surface area contributed by atoms with Crippen molar-refractivity contribution in [1.29, 1.82) is 0 Å². The van der Waals surface area contributed by atoms with E-state index in [1.807, 2.05) is 7.11 Å². The van der Waals surface area contributed by atoms with E-state index in [2.05, 4.69) is 15.9 Å². The molecule has 1 spiro atoms. The van der Waals surface area contributed by atoms with Crippen molar-refractivity contribution < 1.29 is 4.74 Å². The average molecular weight is 233 g/mol. The van der Waals surface area contributed by atoms with Gasteiger partial charge >= 0.3 is 0 Å². The van der Waals surface area contributed by atoms with E-state index in [-0.39, 0.29) is 0 Å². The Balaban J connectivity index is 2.05. The predicted octanol–water partition coefficient (Wildman–Crippen LogP) is 3.12. The highest BCUT2D eigenvalue weighted by Crippen LogP contribution is 2.56. The van der Waals surface area contributed by atoms with Gasteiger partial charge in [0.15, 0.2) is 0 Å². The number of rotatable bonds is 1. The first-order valence-corrected chi connectivity index (χ1v) is 5.88. The summed E-state index contributed by atoms with van der Waals surface area (Å²) in [4.78, 5) is 0.732. The molecule has 1 nitrogen and oxygen atoms in total. The molecule has 2 saturated carbocycles. The van der Waals surface area contributed by atoms with Crippen LogP contribution in [0, 0.1) is 5.41 Å². The van der Waals surface area contributed by atoms with Gasteiger partial charge in [-0.15, -0.1) is 0 Å². The number of hydrogen-bond acceptors (Lipinski definition) is 1. The lowest BCUT2D eigenvalue weighted by Crippen LogP contribution is -2.56. The molecule has 0 bridgehead atoms. The number of methoxy groups -OCH3 is 1. The van der Waals surface area contributed by atoms with Gasteiger partial charge in [0.05, 0.1) is 6.10 Å². The van der Waals surface area contributed by atoms with Gasteiger partial charge in [0, 0.05) is 17.4 Å². The number of hydrogen-bond donors (Lipinski definition) is 0. The maximum absolute atomic E-state index is 5.52. The Morgan fingerprint density at radius 3 is 2.42 bits per heavy atom. The molecule has 0 saturated heterocycles. The number of ether oxygens (including phenoxy) is 1. The molecule has 0 heterocycles. The minimum Gasteiger partial charge on any atom is -0.381 e. The molecule has 0 aromatic rings. The molecule has 12 heavy (non-hydrogen) atoms. The predicted molar refractivity (Wildman–Crippen MR) is 53.6 cm³/mol. The number of halogens is 1. The van der Waals surface area contributed by atoms with Gasteiger partial charge in [0.25, 0.3) is 0 Å². The number of alkyl halides is 1. The molecule has 0 N–H and O–H groups in total. The Labute approximate surface area is 83.0 Å². The topological polar surface area (TPSA) is 9.23 Å². The molecule has 2 aliphatic rings. The molecule has 0 aromatic heterocycles. The quantitative estimate of drug-likeness (QED) is 0.632. The van der Waals surface area contributed by atoms with Gasteiger partial charge in [-0.25, -0.2) is 0 Å². The molecule has 0 aromatic carbocycles. The van der Waals surface area contributed by atoms with E-state index < -0.39 is 0 Å². The normalized spacial score (nSPS) is 39.5. The lowest BCUT2D eigenvalue weighted by Gasteiger charge is -2.55. The van der Waals surface area contributed by atoms with E-state index in [0.717, 1.165) is 4.83 Å². The zero-order chi connectivity index (χ0) is 8.60. The zero-order valence-corrected chi connectivity index (χ0v) is 9.27. The third-order valence-electron chi connectivity index (χ3n) is 3.76. The van der Waals surface area contributed by atoms with Crippen LogP contribution in [-0.2, 0) is 4.74 Å². The summed E-state index contributed by atoms with van der Waals surface area (Å²) in [7, 11) is 1.86. The molecular formula is C10H17BrO. The molecule has 0 radical (unpaired) electrons. The summed E-state index contributed by atoms with van der Waals surface area (Å²) in [6.45, 7) is 0. The summed E-state index contributed by atoms with van der Waals surface area (Å²) >= 11 is 3.78. The van der Waals surface area contributed by atoms with Crippen molar-refractivity contribution in [1.82, 2.24) is 0 Å². The monoisotopic (exact) mass is 232 g/mol. The fourth-order valence-corrected chi connectivity index (χ4v) is 3.97. The zero-order valence-electron chi connectivity index (χ0n) is 7.68. The van der Waals surface area contributed by atoms with Crippen LogP contribution in [0.4, 0.5) is 0 Å². The molecular weight excluding hydrogens is 216 g/mol. The smallest absolute Gasteiger partial charge is 0.0649 e. The van der Waals surface area contributed by atoms with Crippen molar-refractivity contribution >= 4 is 15.9 Å². The third kappa shape index (κ3) is 1.15. The van der Waals surface area contributed by atoms with Crippen LogP contribution in [0.3, 0.4) is 0 Å². The van der Waals surface area contributed by atoms with Gasteiger partial charge in [-0.2, -0.15) is 0 Å². The highest BCUT2D eigenvalue weighted by Gasteiger charge is 2.54. The van der Waals surface area contributed by atoms with Crippen molar-refractivity contribution in [2.24, 2.45) is 5.41 Å². The summed E-state index contributed by atoms with van der Waals surface area (Å²) in [5, 5.41) is 0. The van der Waals surface area contributed by atoms with Gasteiger partial charge in [0.1, 0.15) is 0 Å². The molecule has 0 amide bonds. The Kier molecular flexibility index (Phi) is 2.48. The van der Waals surface area contributed by atoms with Crippen molar-refractivity contribution in [3.05, 3.63) is 0 Å². The molecule has 2 atom stereocenters. The van der Waals surface area contributed by atoms with Crippen molar-refractivity contribution in [3.8, 4) is 0 Å². The summed E-state index contributed by atoms with van der Waals surface area (Å²) < 4.78 is 5.52. The maximum Gasteiger partial charge on any atom is 0.0649 e. The van der Waals surface area contributed by atoms with Gasteiger partial charge in [-0.05, 0) is 19.3 Å². The highest BCUT2D eigenvalue weighted by molar-refractivity contribution is 9.09. The third-order valence-corrected chi connectivity index (χ3v) is 5.04. The summed E-state index contributed by atoms with van der Waals surface area (Å²) in [5.74, 6) is 0. The van der Waals surface area contributed by atoms with Gasteiger partial charge in [-0.3, -0.25) is 0 Å². The fraction of sp³-hybridized carbons (Fsp3) is 1.00. The van der Waals surface area contributed by atoms with E-state index >= 15 is 0 Å². The lowest BCUT2D eigenvalue weighted by molar-refractivity contribution is -0.101. The van der Waals surface area contributed by atoms with Crippen LogP contribution in [0.5, 0.6) is 0 Å². The standard InChI is InChI=1S/C10H17BrO/c1-12-9-7-8(11)10(9)5-3-2-4-6-10/h8-9H,2-7H2,1H3. The molecule has 2 rings (SSSR count). The van der Waals surface area contributed by atoms with Crippen LogP contribution in [0.25, 0.3) is 0 Å². The largest absolute Gasteiger partial charge is 0.381 e. The van der Waals surface area contributed by atoms with Crippen LogP contribution in [0.2, 0.25) is 0 Å². The Morgan fingerprint density at radius 1 is 1.25 bits per heavy atom. The van der Waals surface area contributed by atoms with Crippen LogP contribution >= 0.6 is 15.9 Å².